The van der Waals surface area contributed by atoms with Gasteiger partial charge in [0.15, 0.2) is 0 Å². The van der Waals surface area contributed by atoms with Crippen molar-refractivity contribution in [3.63, 3.8) is 0 Å². The zero-order chi connectivity index (χ0) is 11.5. The maximum absolute atomic E-state index is 10.8. The molecule has 0 aliphatic heterocycles. The van der Waals surface area contributed by atoms with Crippen molar-refractivity contribution in [1.29, 1.82) is 0 Å². The average molecular weight is 210 g/mol. The van der Waals surface area contributed by atoms with Crippen LogP contribution in [0.5, 0.6) is 0 Å². The molecular formula is C14H26O. The molecule has 0 saturated heterocycles. The van der Waals surface area contributed by atoms with Gasteiger partial charge in [-0.1, -0.05) is 40.5 Å². The van der Waals surface area contributed by atoms with Crippen LogP contribution in [0.2, 0.25) is 0 Å². The van der Waals surface area contributed by atoms with E-state index in [1.807, 2.05) is 0 Å². The zero-order valence-corrected chi connectivity index (χ0v) is 10.8. The van der Waals surface area contributed by atoms with E-state index in [0.717, 1.165) is 12.7 Å². The Hall–Kier alpha value is -0.330. The van der Waals surface area contributed by atoms with Crippen LogP contribution < -0.4 is 0 Å². The third kappa shape index (κ3) is 2.26. The van der Waals surface area contributed by atoms with E-state index in [4.69, 9.17) is 0 Å². The summed E-state index contributed by atoms with van der Waals surface area (Å²) in [7, 11) is 0. The van der Waals surface area contributed by atoms with Crippen LogP contribution in [-0.4, -0.2) is 6.29 Å². The molecule has 1 aliphatic carbocycles. The quantitative estimate of drug-likeness (QED) is 0.621. The maximum Gasteiger partial charge on any atom is 0.120 e. The smallest absolute Gasteiger partial charge is 0.120 e. The standard InChI is InChI=1S/C14H26O/c1-5-7-12(8-11-15)14(4)10-6-9-13(14,2)3/h11-12H,5-10H2,1-4H3. The van der Waals surface area contributed by atoms with Crippen LogP contribution in [0.15, 0.2) is 0 Å². The van der Waals surface area contributed by atoms with E-state index in [1.165, 1.54) is 32.1 Å². The SMILES string of the molecule is CCCC(CC=O)C1(C)CCCC1(C)C. The Morgan fingerprint density at radius 2 is 1.93 bits per heavy atom. The van der Waals surface area contributed by atoms with Crippen molar-refractivity contribution < 1.29 is 4.79 Å². The molecule has 0 amide bonds. The van der Waals surface area contributed by atoms with Crippen molar-refractivity contribution in [2.45, 2.75) is 66.2 Å². The minimum atomic E-state index is 0.379. The predicted molar refractivity (Wildman–Crippen MR) is 64.8 cm³/mol. The molecule has 0 radical (unpaired) electrons. The molecule has 0 aromatic rings. The van der Waals surface area contributed by atoms with E-state index in [0.29, 0.717) is 16.7 Å². The molecule has 1 rings (SSSR count). The predicted octanol–water partition coefficient (Wildman–Crippen LogP) is 4.21. The van der Waals surface area contributed by atoms with Crippen LogP contribution in [0.4, 0.5) is 0 Å². The number of aldehydes is 1. The second-order valence-corrected chi connectivity index (χ2v) is 6.04. The molecule has 1 heteroatoms. The largest absolute Gasteiger partial charge is 0.303 e. The Labute approximate surface area is 94.6 Å². The van der Waals surface area contributed by atoms with Crippen LogP contribution in [0.25, 0.3) is 0 Å². The van der Waals surface area contributed by atoms with E-state index in [-0.39, 0.29) is 0 Å². The van der Waals surface area contributed by atoms with Crippen molar-refractivity contribution in [1.82, 2.24) is 0 Å². The van der Waals surface area contributed by atoms with Crippen molar-refractivity contribution in [2.75, 3.05) is 0 Å². The summed E-state index contributed by atoms with van der Waals surface area (Å²) >= 11 is 0. The molecule has 1 aliphatic rings. The second kappa shape index (κ2) is 4.67. The molecule has 15 heavy (non-hydrogen) atoms. The third-order valence-corrected chi connectivity index (χ3v) is 4.96. The van der Waals surface area contributed by atoms with Crippen molar-refractivity contribution >= 4 is 6.29 Å². The minimum Gasteiger partial charge on any atom is -0.303 e. The van der Waals surface area contributed by atoms with Gasteiger partial charge in [-0.2, -0.15) is 0 Å². The van der Waals surface area contributed by atoms with Crippen LogP contribution in [0, 0.1) is 16.7 Å². The summed E-state index contributed by atoms with van der Waals surface area (Å²) in [5.74, 6) is 0.595. The van der Waals surface area contributed by atoms with E-state index in [9.17, 15) is 4.79 Å². The Morgan fingerprint density at radius 1 is 1.27 bits per heavy atom. The van der Waals surface area contributed by atoms with Crippen LogP contribution in [0.3, 0.4) is 0 Å². The Morgan fingerprint density at radius 3 is 2.33 bits per heavy atom. The average Bonchev–Trinajstić information content (AvgIpc) is 2.42. The Balaban J connectivity index is 2.84. The first kappa shape index (κ1) is 12.7. The molecule has 0 N–H and O–H groups in total. The lowest BCUT2D eigenvalue weighted by atomic mass is 9.60. The fourth-order valence-corrected chi connectivity index (χ4v) is 3.44. The maximum atomic E-state index is 10.8. The summed E-state index contributed by atoms with van der Waals surface area (Å²) in [6.07, 6.45) is 8.25. The van der Waals surface area contributed by atoms with Crippen molar-refractivity contribution in [3.8, 4) is 0 Å². The lowest BCUT2D eigenvalue weighted by molar-refractivity contribution is -0.110. The van der Waals surface area contributed by atoms with Crippen LogP contribution in [-0.2, 0) is 4.79 Å². The molecule has 2 atom stereocenters. The van der Waals surface area contributed by atoms with Gasteiger partial charge in [-0.15, -0.1) is 0 Å². The topological polar surface area (TPSA) is 17.1 Å². The lowest BCUT2D eigenvalue weighted by Gasteiger charge is -2.44. The lowest BCUT2D eigenvalue weighted by Crippen LogP contribution is -2.37. The van der Waals surface area contributed by atoms with Gasteiger partial charge in [0.05, 0.1) is 0 Å². The summed E-state index contributed by atoms with van der Waals surface area (Å²) in [4.78, 5) is 10.8. The molecule has 88 valence electrons. The highest BCUT2D eigenvalue weighted by molar-refractivity contribution is 5.50. The van der Waals surface area contributed by atoms with Crippen LogP contribution >= 0.6 is 0 Å². The van der Waals surface area contributed by atoms with Gasteiger partial charge < -0.3 is 4.79 Å². The van der Waals surface area contributed by atoms with Gasteiger partial charge in [-0.05, 0) is 36.0 Å². The highest BCUT2D eigenvalue weighted by atomic mass is 16.1. The zero-order valence-electron chi connectivity index (χ0n) is 10.8. The molecule has 0 bridgehead atoms. The number of carbonyl (C=O) groups excluding carboxylic acids is 1. The highest BCUT2D eigenvalue weighted by Crippen LogP contribution is 2.58. The molecule has 0 spiro atoms. The van der Waals surface area contributed by atoms with Gasteiger partial charge in [0, 0.05) is 6.42 Å². The monoisotopic (exact) mass is 210 g/mol. The fourth-order valence-electron chi connectivity index (χ4n) is 3.44. The molecule has 0 heterocycles. The van der Waals surface area contributed by atoms with Gasteiger partial charge in [-0.3, -0.25) is 0 Å². The number of carbonyl (C=O) groups is 1. The summed E-state index contributed by atoms with van der Waals surface area (Å²) < 4.78 is 0. The number of hydrogen-bond acceptors (Lipinski definition) is 1. The summed E-state index contributed by atoms with van der Waals surface area (Å²) in [6, 6.07) is 0. The van der Waals surface area contributed by atoms with Gasteiger partial charge in [0.25, 0.3) is 0 Å². The molecule has 0 aromatic heterocycles. The van der Waals surface area contributed by atoms with Crippen molar-refractivity contribution in [2.24, 2.45) is 16.7 Å². The summed E-state index contributed by atoms with van der Waals surface area (Å²) in [6.45, 7) is 9.40. The summed E-state index contributed by atoms with van der Waals surface area (Å²) in [5, 5.41) is 0. The minimum absolute atomic E-state index is 0.379. The second-order valence-electron chi connectivity index (χ2n) is 6.04. The Kier molecular flexibility index (Phi) is 3.97. The number of hydrogen-bond donors (Lipinski definition) is 0. The van der Waals surface area contributed by atoms with Crippen molar-refractivity contribution in [3.05, 3.63) is 0 Å². The number of rotatable bonds is 5. The van der Waals surface area contributed by atoms with E-state index in [2.05, 4.69) is 27.7 Å². The van der Waals surface area contributed by atoms with E-state index in [1.54, 1.807) is 0 Å². The molecule has 1 nitrogen and oxygen atoms in total. The third-order valence-electron chi connectivity index (χ3n) is 4.96. The molecular weight excluding hydrogens is 184 g/mol. The first-order valence-corrected chi connectivity index (χ1v) is 6.41. The molecule has 1 fully saturated rings. The first-order chi connectivity index (χ1) is 6.98. The van der Waals surface area contributed by atoms with Gasteiger partial charge in [0.1, 0.15) is 6.29 Å². The molecule has 2 unspecified atom stereocenters. The Bertz CT molecular complexity index is 219. The van der Waals surface area contributed by atoms with E-state index < -0.39 is 0 Å². The van der Waals surface area contributed by atoms with Gasteiger partial charge >= 0.3 is 0 Å². The fraction of sp³-hybridized carbons (Fsp3) is 0.929. The van der Waals surface area contributed by atoms with Crippen LogP contribution in [0.1, 0.15) is 66.2 Å². The molecule has 1 saturated carbocycles. The van der Waals surface area contributed by atoms with Gasteiger partial charge in [-0.25, -0.2) is 0 Å². The van der Waals surface area contributed by atoms with E-state index >= 15 is 0 Å². The highest BCUT2D eigenvalue weighted by Gasteiger charge is 2.48. The van der Waals surface area contributed by atoms with Gasteiger partial charge in [0.2, 0.25) is 0 Å². The molecule has 0 aromatic carbocycles. The normalized spacial score (nSPS) is 31.5. The summed E-state index contributed by atoms with van der Waals surface area (Å²) in [5.41, 5.74) is 0.791. The first-order valence-electron chi connectivity index (χ1n) is 6.41.